The molecule has 0 aliphatic rings. The van der Waals surface area contributed by atoms with Crippen LogP contribution in [0.5, 0.6) is 5.75 Å². The van der Waals surface area contributed by atoms with Crippen molar-refractivity contribution >= 4 is 22.2 Å². The van der Waals surface area contributed by atoms with E-state index in [0.717, 1.165) is 29.4 Å². The lowest BCUT2D eigenvalue weighted by molar-refractivity contribution is 0.358. The van der Waals surface area contributed by atoms with E-state index in [1.165, 1.54) is 11.1 Å². The predicted molar refractivity (Wildman–Crippen MR) is 90.8 cm³/mol. The van der Waals surface area contributed by atoms with Crippen LogP contribution in [0.25, 0.3) is 0 Å². The quantitative estimate of drug-likeness (QED) is 0.715. The third kappa shape index (κ3) is 4.90. The third-order valence-electron chi connectivity index (χ3n) is 3.00. The van der Waals surface area contributed by atoms with E-state index in [2.05, 4.69) is 55.3 Å². The summed E-state index contributed by atoms with van der Waals surface area (Å²) < 4.78 is 5.93. The zero-order valence-corrected chi connectivity index (χ0v) is 13.7. The fourth-order valence-corrected chi connectivity index (χ4v) is 2.50. The van der Waals surface area contributed by atoms with Crippen molar-refractivity contribution in [2.24, 2.45) is 0 Å². The standard InChI is InChI=1S/C17H22N2OS/c1-4-5-14-6-7-15(19-17-18-9-11-21-17)12-16(14)20-10-8-13(2)3/h6-9,11-12H,4-5,10H2,1-3H3,(H,18,19). The second kappa shape index (κ2) is 7.84. The van der Waals surface area contributed by atoms with E-state index in [9.17, 15) is 0 Å². The summed E-state index contributed by atoms with van der Waals surface area (Å²) in [6, 6.07) is 6.28. The van der Waals surface area contributed by atoms with E-state index in [1.54, 1.807) is 17.5 Å². The van der Waals surface area contributed by atoms with Crippen molar-refractivity contribution < 1.29 is 4.74 Å². The average molecular weight is 302 g/mol. The molecule has 0 unspecified atom stereocenters. The van der Waals surface area contributed by atoms with Gasteiger partial charge in [-0.1, -0.05) is 25.0 Å². The van der Waals surface area contributed by atoms with Gasteiger partial charge >= 0.3 is 0 Å². The van der Waals surface area contributed by atoms with Crippen molar-refractivity contribution in [2.75, 3.05) is 11.9 Å². The molecule has 112 valence electrons. The third-order valence-corrected chi connectivity index (χ3v) is 3.69. The molecule has 4 heteroatoms. The molecule has 1 N–H and O–H groups in total. The normalized spacial score (nSPS) is 10.2. The first kappa shape index (κ1) is 15.6. The Morgan fingerprint density at radius 1 is 1.38 bits per heavy atom. The van der Waals surface area contributed by atoms with Crippen LogP contribution in [0.2, 0.25) is 0 Å². The SMILES string of the molecule is CCCc1ccc(Nc2nccs2)cc1OCC=C(C)C. The number of aromatic nitrogens is 1. The van der Waals surface area contributed by atoms with Crippen molar-refractivity contribution in [1.29, 1.82) is 0 Å². The van der Waals surface area contributed by atoms with Crippen LogP contribution in [-0.4, -0.2) is 11.6 Å². The maximum Gasteiger partial charge on any atom is 0.187 e. The number of allylic oxidation sites excluding steroid dienone is 1. The topological polar surface area (TPSA) is 34.2 Å². The zero-order valence-electron chi connectivity index (χ0n) is 12.8. The number of ether oxygens (including phenoxy) is 1. The van der Waals surface area contributed by atoms with Gasteiger partial charge in [0, 0.05) is 23.3 Å². The molecule has 0 atom stereocenters. The maximum absolute atomic E-state index is 5.93. The summed E-state index contributed by atoms with van der Waals surface area (Å²) in [6.45, 7) is 6.95. The van der Waals surface area contributed by atoms with Crippen LogP contribution in [0.1, 0.15) is 32.8 Å². The van der Waals surface area contributed by atoms with Gasteiger partial charge in [-0.15, -0.1) is 11.3 Å². The molecule has 1 aromatic heterocycles. The first-order chi connectivity index (χ1) is 10.2. The molecule has 0 bridgehead atoms. The second-order valence-corrected chi connectivity index (χ2v) is 6.02. The van der Waals surface area contributed by atoms with Crippen LogP contribution in [0.4, 0.5) is 10.8 Å². The number of hydrogen-bond donors (Lipinski definition) is 1. The highest BCUT2D eigenvalue weighted by Gasteiger charge is 2.06. The van der Waals surface area contributed by atoms with Crippen LogP contribution >= 0.6 is 11.3 Å². The summed E-state index contributed by atoms with van der Waals surface area (Å²) in [5, 5.41) is 6.16. The fourth-order valence-electron chi connectivity index (χ4n) is 1.95. The summed E-state index contributed by atoms with van der Waals surface area (Å²) in [6.07, 6.45) is 6.03. The highest BCUT2D eigenvalue weighted by atomic mass is 32.1. The highest BCUT2D eigenvalue weighted by molar-refractivity contribution is 7.13. The minimum absolute atomic E-state index is 0.611. The van der Waals surface area contributed by atoms with E-state index < -0.39 is 0 Å². The zero-order chi connectivity index (χ0) is 15.1. The van der Waals surface area contributed by atoms with Crippen LogP contribution in [0.3, 0.4) is 0 Å². The fraction of sp³-hybridized carbons (Fsp3) is 0.353. The molecule has 1 aromatic carbocycles. The lowest BCUT2D eigenvalue weighted by Gasteiger charge is -2.12. The monoisotopic (exact) mass is 302 g/mol. The predicted octanol–water partition coefficient (Wildman–Crippen LogP) is 5.18. The molecule has 0 saturated heterocycles. The number of nitrogens with zero attached hydrogens (tertiary/aromatic N) is 1. The van der Waals surface area contributed by atoms with Gasteiger partial charge in [-0.2, -0.15) is 0 Å². The van der Waals surface area contributed by atoms with Crippen molar-refractivity contribution in [3.8, 4) is 5.75 Å². The Bertz CT molecular complexity index is 587. The molecule has 3 nitrogen and oxygen atoms in total. The molecule has 1 heterocycles. The molecule has 0 aliphatic heterocycles. The van der Waals surface area contributed by atoms with Gasteiger partial charge in [0.1, 0.15) is 12.4 Å². The van der Waals surface area contributed by atoms with Crippen molar-refractivity contribution in [1.82, 2.24) is 4.98 Å². The number of aryl methyl sites for hydroxylation is 1. The van der Waals surface area contributed by atoms with E-state index in [1.807, 2.05) is 5.38 Å². The Morgan fingerprint density at radius 2 is 2.24 bits per heavy atom. The molecule has 0 spiro atoms. The molecule has 2 rings (SSSR count). The Morgan fingerprint density at radius 3 is 2.90 bits per heavy atom. The van der Waals surface area contributed by atoms with Crippen LogP contribution < -0.4 is 10.1 Å². The number of benzene rings is 1. The number of rotatable bonds is 7. The lowest BCUT2D eigenvalue weighted by Crippen LogP contribution is -2.00. The van der Waals surface area contributed by atoms with Gasteiger partial charge in [-0.3, -0.25) is 0 Å². The molecular weight excluding hydrogens is 280 g/mol. The summed E-state index contributed by atoms with van der Waals surface area (Å²) in [5.41, 5.74) is 3.53. The Kier molecular flexibility index (Phi) is 5.81. The Labute approximate surface area is 130 Å². The smallest absolute Gasteiger partial charge is 0.187 e. The van der Waals surface area contributed by atoms with Crippen LogP contribution in [0.15, 0.2) is 41.4 Å². The largest absolute Gasteiger partial charge is 0.489 e. The van der Waals surface area contributed by atoms with Gasteiger partial charge in [-0.05, 0) is 38.0 Å². The van der Waals surface area contributed by atoms with Gasteiger partial charge < -0.3 is 10.1 Å². The lowest BCUT2D eigenvalue weighted by atomic mass is 10.1. The second-order valence-electron chi connectivity index (χ2n) is 5.13. The van der Waals surface area contributed by atoms with Gasteiger partial charge in [0.05, 0.1) is 0 Å². The molecule has 0 amide bonds. The number of hydrogen-bond acceptors (Lipinski definition) is 4. The molecule has 2 aromatic rings. The Balaban J connectivity index is 2.14. The first-order valence-electron chi connectivity index (χ1n) is 7.24. The minimum Gasteiger partial charge on any atom is -0.489 e. The molecular formula is C17H22N2OS. The van der Waals surface area contributed by atoms with Gasteiger partial charge in [-0.25, -0.2) is 4.98 Å². The number of thiazole rings is 1. The van der Waals surface area contributed by atoms with Crippen molar-refractivity contribution in [3.05, 3.63) is 47.0 Å². The average Bonchev–Trinajstić information content (AvgIpc) is 2.94. The van der Waals surface area contributed by atoms with Crippen LogP contribution in [-0.2, 0) is 6.42 Å². The van der Waals surface area contributed by atoms with Gasteiger partial charge in [0.15, 0.2) is 5.13 Å². The summed E-state index contributed by atoms with van der Waals surface area (Å²) in [7, 11) is 0. The molecule has 21 heavy (non-hydrogen) atoms. The first-order valence-corrected chi connectivity index (χ1v) is 8.12. The molecule has 0 saturated carbocycles. The summed E-state index contributed by atoms with van der Waals surface area (Å²) in [4.78, 5) is 4.24. The number of anilines is 2. The Hall–Kier alpha value is -1.81. The van der Waals surface area contributed by atoms with E-state index >= 15 is 0 Å². The van der Waals surface area contributed by atoms with E-state index in [4.69, 9.17) is 4.74 Å². The summed E-state index contributed by atoms with van der Waals surface area (Å²) >= 11 is 1.59. The maximum atomic E-state index is 5.93. The van der Waals surface area contributed by atoms with E-state index in [-0.39, 0.29) is 0 Å². The number of nitrogens with one attached hydrogen (secondary N) is 1. The molecule has 0 aliphatic carbocycles. The molecule has 0 radical (unpaired) electrons. The summed E-state index contributed by atoms with van der Waals surface area (Å²) in [5.74, 6) is 0.955. The molecule has 0 fully saturated rings. The highest BCUT2D eigenvalue weighted by Crippen LogP contribution is 2.27. The van der Waals surface area contributed by atoms with Gasteiger partial charge in [0.25, 0.3) is 0 Å². The van der Waals surface area contributed by atoms with Crippen molar-refractivity contribution in [2.45, 2.75) is 33.6 Å². The van der Waals surface area contributed by atoms with Crippen molar-refractivity contribution in [3.63, 3.8) is 0 Å². The van der Waals surface area contributed by atoms with E-state index in [0.29, 0.717) is 6.61 Å². The van der Waals surface area contributed by atoms with Gasteiger partial charge in [0.2, 0.25) is 0 Å². The van der Waals surface area contributed by atoms with Crippen LogP contribution in [0, 0.1) is 0 Å². The minimum atomic E-state index is 0.611.